The molecular weight excluding hydrogens is 136 g/mol. The lowest BCUT2D eigenvalue weighted by Crippen LogP contribution is -2.23. The predicted molar refractivity (Wildman–Crippen MR) is 44.3 cm³/mol. The minimum absolute atomic E-state index is 0.118. The van der Waals surface area contributed by atoms with Gasteiger partial charge in [0, 0.05) is 10.8 Å². The van der Waals surface area contributed by atoms with Gasteiger partial charge in [-0.1, -0.05) is 13.8 Å². The van der Waals surface area contributed by atoms with Gasteiger partial charge in [-0.2, -0.15) is 0 Å². The summed E-state index contributed by atoms with van der Waals surface area (Å²) in [4.78, 5) is 11.8. The largest absolute Gasteiger partial charge is 0.298 e. The molecule has 62 valence electrons. The lowest BCUT2D eigenvalue weighted by molar-refractivity contribution is -0.129. The first-order chi connectivity index (χ1) is 5.13. The first kappa shape index (κ1) is 7.33. The van der Waals surface area contributed by atoms with Gasteiger partial charge in [0.25, 0.3) is 0 Å². The van der Waals surface area contributed by atoms with Crippen molar-refractivity contribution in [2.45, 2.75) is 46.0 Å². The average molecular weight is 152 g/mol. The summed E-state index contributed by atoms with van der Waals surface area (Å²) in [6.45, 7) is 4.28. The van der Waals surface area contributed by atoms with Gasteiger partial charge in [0.2, 0.25) is 0 Å². The molecule has 2 saturated carbocycles. The summed E-state index contributed by atoms with van der Waals surface area (Å²) in [5.74, 6) is 0.576. The summed E-state index contributed by atoms with van der Waals surface area (Å²) in [5.41, 5.74) is 0.276. The van der Waals surface area contributed by atoms with Crippen LogP contribution in [0, 0.1) is 10.8 Å². The number of carbonyl (C=O) groups is 1. The zero-order valence-corrected chi connectivity index (χ0v) is 7.44. The van der Waals surface area contributed by atoms with Crippen molar-refractivity contribution in [1.82, 2.24) is 0 Å². The maximum Gasteiger partial charge on any atom is 0.144 e. The smallest absolute Gasteiger partial charge is 0.144 e. The molecule has 1 nitrogen and oxygen atoms in total. The van der Waals surface area contributed by atoms with Gasteiger partial charge in [0.1, 0.15) is 5.78 Å². The number of hydrogen-bond acceptors (Lipinski definition) is 1. The third-order valence-corrected chi connectivity index (χ3v) is 3.56. The van der Waals surface area contributed by atoms with E-state index >= 15 is 0 Å². The van der Waals surface area contributed by atoms with E-state index in [-0.39, 0.29) is 10.8 Å². The van der Waals surface area contributed by atoms with Gasteiger partial charge >= 0.3 is 0 Å². The Morgan fingerprint density at radius 3 is 2.09 bits per heavy atom. The van der Waals surface area contributed by atoms with Crippen molar-refractivity contribution in [3.63, 3.8) is 0 Å². The summed E-state index contributed by atoms with van der Waals surface area (Å²) >= 11 is 0. The Bertz CT molecular complexity index is 197. The molecule has 0 atom stereocenters. The van der Waals surface area contributed by atoms with Crippen LogP contribution in [0.4, 0.5) is 0 Å². The van der Waals surface area contributed by atoms with Gasteiger partial charge in [-0.15, -0.1) is 0 Å². The Kier molecular flexibility index (Phi) is 1.25. The van der Waals surface area contributed by atoms with E-state index in [1.165, 1.54) is 0 Å². The highest BCUT2D eigenvalue weighted by Crippen LogP contribution is 2.59. The summed E-state index contributed by atoms with van der Waals surface area (Å²) < 4.78 is 0. The van der Waals surface area contributed by atoms with Crippen LogP contribution in [-0.2, 0) is 4.79 Å². The molecule has 0 saturated heterocycles. The molecule has 0 aromatic rings. The van der Waals surface area contributed by atoms with Crippen LogP contribution in [-0.4, -0.2) is 5.78 Å². The molecule has 2 rings (SSSR count). The van der Waals surface area contributed by atoms with E-state index in [2.05, 4.69) is 13.8 Å². The fourth-order valence-corrected chi connectivity index (χ4v) is 1.95. The van der Waals surface area contributed by atoms with E-state index in [0.717, 1.165) is 32.1 Å². The minimum Gasteiger partial charge on any atom is -0.298 e. The number of carbonyl (C=O) groups excluding carboxylic acids is 1. The number of hydrogen-bond donors (Lipinski definition) is 0. The van der Waals surface area contributed by atoms with Gasteiger partial charge in [0.15, 0.2) is 0 Å². The monoisotopic (exact) mass is 152 g/mol. The average Bonchev–Trinajstić information content (AvgIpc) is 2.83. The van der Waals surface area contributed by atoms with Gasteiger partial charge in [-0.05, 0) is 32.1 Å². The van der Waals surface area contributed by atoms with Gasteiger partial charge in [-0.25, -0.2) is 0 Å². The van der Waals surface area contributed by atoms with Gasteiger partial charge in [0.05, 0.1) is 0 Å². The zero-order valence-electron chi connectivity index (χ0n) is 7.44. The summed E-state index contributed by atoms with van der Waals surface area (Å²) in [6, 6.07) is 0. The maximum atomic E-state index is 11.8. The van der Waals surface area contributed by atoms with Crippen LogP contribution >= 0.6 is 0 Å². The topological polar surface area (TPSA) is 17.1 Å². The third-order valence-electron chi connectivity index (χ3n) is 3.56. The molecule has 0 radical (unpaired) electrons. The van der Waals surface area contributed by atoms with Crippen molar-refractivity contribution in [3.05, 3.63) is 0 Å². The van der Waals surface area contributed by atoms with Crippen LogP contribution in [0.2, 0.25) is 0 Å². The Labute approximate surface area is 68.2 Å². The third kappa shape index (κ3) is 0.935. The Morgan fingerprint density at radius 2 is 1.82 bits per heavy atom. The molecule has 1 heteroatoms. The second kappa shape index (κ2) is 1.88. The molecular formula is C10H16O. The number of Topliss-reactive ketones (excluding diaryl/α,β-unsaturated/α-hetero) is 1. The highest BCUT2D eigenvalue weighted by molar-refractivity contribution is 5.94. The number of rotatable bonds is 3. The number of ketones is 1. The molecule has 0 bridgehead atoms. The molecule has 0 heterocycles. The van der Waals surface area contributed by atoms with Crippen LogP contribution in [0.1, 0.15) is 46.0 Å². The fourth-order valence-electron chi connectivity index (χ4n) is 1.95. The molecule has 11 heavy (non-hydrogen) atoms. The van der Waals surface area contributed by atoms with Crippen LogP contribution < -0.4 is 0 Å². The maximum absolute atomic E-state index is 11.8. The van der Waals surface area contributed by atoms with E-state index in [1.54, 1.807) is 0 Å². The highest BCUT2D eigenvalue weighted by atomic mass is 16.1. The molecule has 2 aliphatic rings. The van der Waals surface area contributed by atoms with Crippen molar-refractivity contribution in [1.29, 1.82) is 0 Å². The lowest BCUT2D eigenvalue weighted by atomic mass is 9.87. The Morgan fingerprint density at radius 1 is 1.27 bits per heavy atom. The van der Waals surface area contributed by atoms with Crippen LogP contribution in [0.15, 0.2) is 0 Å². The SMILES string of the molecule is CCC1(C(=O)C2(C)CC2)CC1. The summed E-state index contributed by atoms with van der Waals surface area (Å²) in [5, 5.41) is 0. The van der Waals surface area contributed by atoms with E-state index < -0.39 is 0 Å². The highest BCUT2D eigenvalue weighted by Gasteiger charge is 2.58. The van der Waals surface area contributed by atoms with Crippen LogP contribution in [0.3, 0.4) is 0 Å². The standard InChI is InChI=1S/C10H16O/c1-3-10(6-7-10)8(11)9(2)4-5-9/h3-7H2,1-2H3. The lowest BCUT2D eigenvalue weighted by Gasteiger charge is -2.15. The van der Waals surface area contributed by atoms with Crippen molar-refractivity contribution >= 4 is 5.78 Å². The Hall–Kier alpha value is -0.330. The van der Waals surface area contributed by atoms with Gasteiger partial charge in [-0.3, -0.25) is 4.79 Å². The molecule has 2 fully saturated rings. The first-order valence-corrected chi connectivity index (χ1v) is 4.68. The van der Waals surface area contributed by atoms with Gasteiger partial charge < -0.3 is 0 Å². The second-order valence-electron chi connectivity index (χ2n) is 4.52. The van der Waals surface area contributed by atoms with Crippen molar-refractivity contribution in [2.75, 3.05) is 0 Å². The second-order valence-corrected chi connectivity index (χ2v) is 4.52. The molecule has 0 aliphatic heterocycles. The zero-order chi connectivity index (χ0) is 8.11. The summed E-state index contributed by atoms with van der Waals surface area (Å²) in [6.07, 6.45) is 5.69. The quantitative estimate of drug-likeness (QED) is 0.607. The minimum atomic E-state index is 0.118. The molecule has 0 unspecified atom stereocenters. The van der Waals surface area contributed by atoms with E-state index in [1.807, 2.05) is 0 Å². The molecule has 0 N–H and O–H groups in total. The molecule has 0 amide bonds. The Balaban J connectivity index is 2.10. The molecule has 0 aromatic heterocycles. The van der Waals surface area contributed by atoms with Crippen LogP contribution in [0.5, 0.6) is 0 Å². The molecule has 0 spiro atoms. The van der Waals surface area contributed by atoms with Crippen molar-refractivity contribution < 1.29 is 4.79 Å². The fraction of sp³-hybridized carbons (Fsp3) is 0.900. The predicted octanol–water partition coefficient (Wildman–Crippen LogP) is 2.55. The molecule has 2 aliphatic carbocycles. The summed E-state index contributed by atoms with van der Waals surface area (Å²) in [7, 11) is 0. The van der Waals surface area contributed by atoms with Crippen molar-refractivity contribution in [2.24, 2.45) is 10.8 Å². The van der Waals surface area contributed by atoms with Crippen LogP contribution in [0.25, 0.3) is 0 Å². The van der Waals surface area contributed by atoms with E-state index in [9.17, 15) is 4.79 Å². The first-order valence-electron chi connectivity index (χ1n) is 4.68. The van der Waals surface area contributed by atoms with E-state index in [4.69, 9.17) is 0 Å². The van der Waals surface area contributed by atoms with E-state index in [0.29, 0.717) is 5.78 Å². The van der Waals surface area contributed by atoms with Crippen molar-refractivity contribution in [3.8, 4) is 0 Å². The molecule has 0 aromatic carbocycles. The normalized spacial score (nSPS) is 29.6.